The second-order valence-electron chi connectivity index (χ2n) is 6.83. The van der Waals surface area contributed by atoms with Crippen molar-refractivity contribution < 1.29 is 14.7 Å². The smallest absolute Gasteiger partial charge is 0.315 e. The van der Waals surface area contributed by atoms with Gasteiger partial charge in [-0.3, -0.25) is 4.79 Å². The number of urea groups is 1. The van der Waals surface area contributed by atoms with E-state index in [1.807, 2.05) is 25.1 Å². The lowest BCUT2D eigenvalue weighted by Gasteiger charge is -2.27. The molecule has 3 N–H and O–H groups in total. The molecule has 0 aliphatic heterocycles. The van der Waals surface area contributed by atoms with Crippen molar-refractivity contribution in [3.63, 3.8) is 0 Å². The summed E-state index contributed by atoms with van der Waals surface area (Å²) >= 11 is 0. The zero-order chi connectivity index (χ0) is 17.8. The highest BCUT2D eigenvalue weighted by Crippen LogP contribution is 2.24. The Balaban J connectivity index is 1.54. The number of benzene rings is 2. The average molecular weight is 340 g/mol. The summed E-state index contributed by atoms with van der Waals surface area (Å²) in [6.07, 6.45) is 2.69. The summed E-state index contributed by atoms with van der Waals surface area (Å²) in [5, 5.41) is 17.3. The lowest BCUT2D eigenvalue weighted by molar-refractivity contribution is -0.142. The molecule has 25 heavy (non-hydrogen) atoms. The molecule has 132 valence electrons. The van der Waals surface area contributed by atoms with Gasteiger partial charge in [-0.15, -0.1) is 0 Å². The zero-order valence-corrected chi connectivity index (χ0v) is 14.4. The van der Waals surface area contributed by atoms with E-state index in [4.69, 9.17) is 5.11 Å². The number of aliphatic carboxylic acids is 1. The summed E-state index contributed by atoms with van der Waals surface area (Å²) in [6, 6.07) is 14.1. The Morgan fingerprint density at radius 1 is 1.04 bits per heavy atom. The molecule has 1 unspecified atom stereocenters. The van der Waals surface area contributed by atoms with Gasteiger partial charge >= 0.3 is 12.0 Å². The van der Waals surface area contributed by atoms with E-state index >= 15 is 0 Å². The van der Waals surface area contributed by atoms with Crippen LogP contribution in [0.3, 0.4) is 0 Å². The van der Waals surface area contributed by atoms with E-state index in [0.717, 1.165) is 23.8 Å². The van der Waals surface area contributed by atoms with Crippen LogP contribution in [0.5, 0.6) is 0 Å². The maximum Gasteiger partial charge on any atom is 0.315 e. The van der Waals surface area contributed by atoms with Gasteiger partial charge in [-0.25, -0.2) is 4.79 Å². The van der Waals surface area contributed by atoms with Crippen LogP contribution in [0.1, 0.15) is 44.2 Å². The van der Waals surface area contributed by atoms with E-state index in [1.54, 1.807) is 0 Å². The molecule has 3 rings (SSSR count). The van der Waals surface area contributed by atoms with Gasteiger partial charge in [0.1, 0.15) is 0 Å². The molecule has 1 aliphatic rings. The first-order valence-corrected chi connectivity index (χ1v) is 8.81. The predicted octanol–water partition coefficient (Wildman–Crippen LogP) is 3.84. The Labute approximate surface area is 147 Å². The average Bonchev–Trinajstić information content (AvgIpc) is 2.61. The van der Waals surface area contributed by atoms with Gasteiger partial charge in [0.25, 0.3) is 0 Å². The van der Waals surface area contributed by atoms with Crippen LogP contribution in [-0.2, 0) is 4.79 Å². The minimum Gasteiger partial charge on any atom is -0.481 e. The van der Waals surface area contributed by atoms with Gasteiger partial charge in [-0.1, -0.05) is 36.4 Å². The van der Waals surface area contributed by atoms with E-state index in [-0.39, 0.29) is 24.0 Å². The van der Waals surface area contributed by atoms with Crippen molar-refractivity contribution in [1.29, 1.82) is 0 Å². The van der Waals surface area contributed by atoms with Crippen molar-refractivity contribution in [3.05, 3.63) is 48.0 Å². The number of carbonyl (C=O) groups excluding carboxylic acids is 1. The molecule has 5 nitrogen and oxygen atoms in total. The molecule has 2 aromatic rings. The van der Waals surface area contributed by atoms with Gasteiger partial charge in [0.2, 0.25) is 0 Å². The molecule has 0 spiro atoms. The number of carbonyl (C=O) groups is 2. The molecule has 0 radical (unpaired) electrons. The molecular weight excluding hydrogens is 316 g/mol. The maximum atomic E-state index is 12.2. The highest BCUT2D eigenvalue weighted by atomic mass is 16.4. The van der Waals surface area contributed by atoms with Gasteiger partial charge in [0.15, 0.2) is 0 Å². The minimum atomic E-state index is -0.729. The fourth-order valence-electron chi connectivity index (χ4n) is 3.47. The standard InChI is InChI=1S/C20H24N2O3/c1-13(16-7-6-14-4-2-3-5-17(14)12-16)21-20(25)22-18-10-8-15(9-11-18)19(23)24/h2-7,12-13,15,18H,8-11H2,1H3,(H,23,24)(H2,21,22,25). The lowest BCUT2D eigenvalue weighted by atomic mass is 9.86. The Hall–Kier alpha value is -2.56. The number of carboxylic acid groups (broad SMARTS) is 1. The first-order chi connectivity index (χ1) is 12.0. The van der Waals surface area contributed by atoms with Crippen molar-refractivity contribution in [3.8, 4) is 0 Å². The van der Waals surface area contributed by atoms with Crippen molar-refractivity contribution >= 4 is 22.8 Å². The summed E-state index contributed by atoms with van der Waals surface area (Å²) < 4.78 is 0. The third-order valence-electron chi connectivity index (χ3n) is 5.03. The van der Waals surface area contributed by atoms with Crippen LogP contribution < -0.4 is 10.6 Å². The normalized spacial score (nSPS) is 21.5. The van der Waals surface area contributed by atoms with Crippen LogP contribution in [-0.4, -0.2) is 23.1 Å². The van der Waals surface area contributed by atoms with Crippen molar-refractivity contribution in [2.24, 2.45) is 5.92 Å². The number of hydrogen-bond donors (Lipinski definition) is 3. The molecule has 2 aromatic carbocycles. The van der Waals surface area contributed by atoms with E-state index < -0.39 is 5.97 Å². The number of rotatable bonds is 4. The molecule has 2 amide bonds. The van der Waals surface area contributed by atoms with Crippen LogP contribution in [0, 0.1) is 5.92 Å². The number of hydrogen-bond acceptors (Lipinski definition) is 2. The highest BCUT2D eigenvalue weighted by Gasteiger charge is 2.26. The van der Waals surface area contributed by atoms with Crippen molar-refractivity contribution in [2.75, 3.05) is 0 Å². The molecule has 1 saturated carbocycles. The van der Waals surface area contributed by atoms with Gasteiger partial charge in [0.05, 0.1) is 12.0 Å². The quantitative estimate of drug-likeness (QED) is 0.791. The van der Waals surface area contributed by atoms with Crippen LogP contribution in [0.2, 0.25) is 0 Å². The molecule has 0 heterocycles. The second-order valence-corrected chi connectivity index (χ2v) is 6.83. The third-order valence-corrected chi connectivity index (χ3v) is 5.03. The summed E-state index contributed by atoms with van der Waals surface area (Å²) in [5.74, 6) is -0.995. The fourth-order valence-corrected chi connectivity index (χ4v) is 3.47. The van der Waals surface area contributed by atoms with E-state index in [1.165, 1.54) is 5.39 Å². The fraction of sp³-hybridized carbons (Fsp3) is 0.400. The third kappa shape index (κ3) is 4.29. The van der Waals surface area contributed by atoms with E-state index in [0.29, 0.717) is 12.8 Å². The minimum absolute atomic E-state index is 0.0550. The number of fused-ring (bicyclic) bond motifs is 1. The van der Waals surface area contributed by atoms with Crippen molar-refractivity contribution in [1.82, 2.24) is 10.6 Å². The Kier molecular flexibility index (Phi) is 5.22. The van der Waals surface area contributed by atoms with Crippen LogP contribution >= 0.6 is 0 Å². The molecule has 5 heteroatoms. The van der Waals surface area contributed by atoms with Gasteiger partial charge < -0.3 is 15.7 Å². The monoisotopic (exact) mass is 340 g/mol. The molecule has 1 atom stereocenters. The number of carboxylic acids is 1. The lowest BCUT2D eigenvalue weighted by Crippen LogP contribution is -2.44. The summed E-state index contributed by atoms with van der Waals surface area (Å²) in [6.45, 7) is 1.96. The Morgan fingerprint density at radius 2 is 1.72 bits per heavy atom. The number of nitrogens with one attached hydrogen (secondary N) is 2. The van der Waals surface area contributed by atoms with Gasteiger partial charge in [-0.2, -0.15) is 0 Å². The van der Waals surface area contributed by atoms with Crippen molar-refractivity contribution in [2.45, 2.75) is 44.7 Å². The van der Waals surface area contributed by atoms with E-state index in [2.05, 4.69) is 34.9 Å². The molecule has 1 aliphatic carbocycles. The van der Waals surface area contributed by atoms with Crippen LogP contribution in [0.4, 0.5) is 4.79 Å². The van der Waals surface area contributed by atoms with Gasteiger partial charge in [0, 0.05) is 6.04 Å². The topological polar surface area (TPSA) is 78.4 Å². The molecule has 0 saturated heterocycles. The van der Waals surface area contributed by atoms with Crippen LogP contribution in [0.25, 0.3) is 10.8 Å². The SMILES string of the molecule is CC(NC(=O)NC1CCC(C(=O)O)CC1)c1ccc2ccccc2c1. The Bertz CT molecular complexity index is 766. The van der Waals surface area contributed by atoms with E-state index in [9.17, 15) is 9.59 Å². The first kappa shape index (κ1) is 17.3. The molecule has 0 bridgehead atoms. The second kappa shape index (κ2) is 7.55. The summed E-state index contributed by atoms with van der Waals surface area (Å²) in [4.78, 5) is 23.2. The highest BCUT2D eigenvalue weighted by molar-refractivity contribution is 5.83. The molecule has 1 fully saturated rings. The molecule has 0 aromatic heterocycles. The summed E-state index contributed by atoms with van der Waals surface area (Å²) in [5.41, 5.74) is 1.06. The molecular formula is C20H24N2O3. The zero-order valence-electron chi connectivity index (χ0n) is 14.4. The maximum absolute atomic E-state index is 12.2. The Morgan fingerprint density at radius 3 is 2.40 bits per heavy atom. The predicted molar refractivity (Wildman–Crippen MR) is 97.4 cm³/mol. The van der Waals surface area contributed by atoms with Crippen LogP contribution in [0.15, 0.2) is 42.5 Å². The largest absolute Gasteiger partial charge is 0.481 e. The number of amides is 2. The van der Waals surface area contributed by atoms with Gasteiger partial charge in [-0.05, 0) is 55.0 Å². The summed E-state index contributed by atoms with van der Waals surface area (Å²) in [7, 11) is 0. The first-order valence-electron chi connectivity index (χ1n) is 8.81.